The molecule has 0 amide bonds. The Kier molecular flexibility index (Phi) is 5.37. The topological polar surface area (TPSA) is 63.6 Å². The lowest BCUT2D eigenvalue weighted by Crippen LogP contribution is -2.34. The lowest BCUT2D eigenvalue weighted by molar-refractivity contribution is -0.165. The predicted octanol–water partition coefficient (Wildman–Crippen LogP) is 1.77. The van der Waals surface area contributed by atoms with Crippen molar-refractivity contribution >= 4 is 11.9 Å². The molecule has 0 aliphatic rings. The molecule has 0 aromatic heterocycles. The fourth-order valence-corrected chi connectivity index (χ4v) is 0.637. The van der Waals surface area contributed by atoms with Crippen LogP contribution in [0, 0.1) is 5.41 Å². The second kappa shape index (κ2) is 6.01. The quantitative estimate of drug-likeness (QED) is 0.428. The van der Waals surface area contributed by atoms with Crippen LogP contribution in [0.3, 0.4) is 0 Å². The van der Waals surface area contributed by atoms with E-state index < -0.39 is 17.4 Å². The van der Waals surface area contributed by atoms with Crippen LogP contribution in [-0.2, 0) is 14.3 Å². The van der Waals surface area contributed by atoms with Gasteiger partial charge in [0.25, 0.3) is 0 Å². The first-order valence-corrected chi connectivity index (χ1v) is 4.61. The fourth-order valence-electron chi connectivity index (χ4n) is 0.637. The molecule has 0 aliphatic heterocycles. The molecule has 0 spiro atoms. The van der Waals surface area contributed by atoms with E-state index in [1.54, 1.807) is 18.2 Å². The van der Waals surface area contributed by atoms with Crippen LogP contribution in [0.4, 0.5) is 0 Å². The number of carbonyl (C=O) groups is 2. The normalized spacial score (nSPS) is 12.2. The van der Waals surface area contributed by atoms with Crippen molar-refractivity contribution in [2.45, 2.75) is 20.8 Å². The van der Waals surface area contributed by atoms with Crippen molar-refractivity contribution in [1.29, 1.82) is 0 Å². The van der Waals surface area contributed by atoms with Crippen LogP contribution in [0.1, 0.15) is 20.8 Å². The lowest BCUT2D eigenvalue weighted by atomic mass is 9.94. The zero-order valence-electron chi connectivity index (χ0n) is 9.19. The maximum absolute atomic E-state index is 11.3. The molecule has 0 unspecified atom stereocenters. The minimum atomic E-state index is -1.49. The summed E-state index contributed by atoms with van der Waals surface area (Å²) in [7, 11) is 0. The van der Waals surface area contributed by atoms with Gasteiger partial charge in [-0.3, -0.25) is 9.59 Å². The van der Waals surface area contributed by atoms with Crippen molar-refractivity contribution in [3.8, 4) is 0 Å². The standard InChI is InChI=1S/C11H16O4/c1-4-5-6-7-8-15-10(14)11(2,3)9(12)13/h4-7H,8H2,1-3H3,(H,12,13). The summed E-state index contributed by atoms with van der Waals surface area (Å²) in [5.74, 6) is -1.93. The summed E-state index contributed by atoms with van der Waals surface area (Å²) in [5, 5.41) is 8.72. The van der Waals surface area contributed by atoms with Gasteiger partial charge in [-0.15, -0.1) is 0 Å². The van der Waals surface area contributed by atoms with Crippen LogP contribution >= 0.6 is 0 Å². The molecule has 4 heteroatoms. The molecule has 0 radical (unpaired) electrons. The van der Waals surface area contributed by atoms with Crippen LogP contribution < -0.4 is 0 Å². The van der Waals surface area contributed by atoms with E-state index in [0.29, 0.717) is 0 Å². The molecule has 0 heterocycles. The van der Waals surface area contributed by atoms with Crippen molar-refractivity contribution in [2.24, 2.45) is 5.41 Å². The van der Waals surface area contributed by atoms with Crippen LogP contribution in [-0.4, -0.2) is 23.7 Å². The maximum atomic E-state index is 11.3. The van der Waals surface area contributed by atoms with Gasteiger partial charge in [0.15, 0.2) is 5.41 Å². The highest BCUT2D eigenvalue weighted by Crippen LogP contribution is 2.17. The zero-order valence-corrected chi connectivity index (χ0v) is 9.19. The fraction of sp³-hybridized carbons (Fsp3) is 0.455. The van der Waals surface area contributed by atoms with Crippen molar-refractivity contribution in [2.75, 3.05) is 6.61 Å². The van der Waals surface area contributed by atoms with Gasteiger partial charge in [0.2, 0.25) is 0 Å². The number of ether oxygens (including phenoxy) is 1. The minimum absolute atomic E-state index is 0.0832. The van der Waals surface area contributed by atoms with Gasteiger partial charge in [0, 0.05) is 0 Å². The van der Waals surface area contributed by atoms with E-state index in [0.717, 1.165) is 0 Å². The third-order valence-electron chi connectivity index (χ3n) is 1.80. The first-order valence-electron chi connectivity index (χ1n) is 4.61. The van der Waals surface area contributed by atoms with E-state index in [-0.39, 0.29) is 6.61 Å². The molecule has 0 saturated carbocycles. The molecule has 0 bridgehead atoms. The number of carbonyl (C=O) groups excluding carboxylic acids is 1. The van der Waals surface area contributed by atoms with Crippen LogP contribution in [0.15, 0.2) is 24.3 Å². The summed E-state index contributed by atoms with van der Waals surface area (Å²) in [5.41, 5.74) is -1.49. The van der Waals surface area contributed by atoms with E-state index in [9.17, 15) is 9.59 Å². The third-order valence-corrected chi connectivity index (χ3v) is 1.80. The number of carboxylic acid groups (broad SMARTS) is 1. The van der Waals surface area contributed by atoms with Crippen molar-refractivity contribution in [3.05, 3.63) is 24.3 Å². The molecule has 0 saturated heterocycles. The van der Waals surface area contributed by atoms with Gasteiger partial charge in [-0.1, -0.05) is 18.2 Å². The lowest BCUT2D eigenvalue weighted by Gasteiger charge is -2.16. The number of carboxylic acids is 1. The summed E-state index contributed by atoms with van der Waals surface area (Å²) in [6, 6.07) is 0. The Morgan fingerprint density at radius 3 is 2.40 bits per heavy atom. The Morgan fingerprint density at radius 1 is 1.33 bits per heavy atom. The first-order chi connectivity index (χ1) is 6.92. The average molecular weight is 212 g/mol. The van der Waals surface area contributed by atoms with Crippen LogP contribution in [0.25, 0.3) is 0 Å². The van der Waals surface area contributed by atoms with Crippen LogP contribution in [0.2, 0.25) is 0 Å². The third kappa shape index (κ3) is 4.44. The highest BCUT2D eigenvalue weighted by Gasteiger charge is 2.37. The van der Waals surface area contributed by atoms with Gasteiger partial charge in [0.1, 0.15) is 6.61 Å². The molecular weight excluding hydrogens is 196 g/mol. The largest absolute Gasteiger partial charge is 0.480 e. The van der Waals surface area contributed by atoms with Gasteiger partial charge < -0.3 is 9.84 Å². The summed E-state index contributed by atoms with van der Waals surface area (Å²) in [4.78, 5) is 22.0. The maximum Gasteiger partial charge on any atom is 0.323 e. The molecule has 1 N–H and O–H groups in total. The Bertz CT molecular complexity index is 287. The Hall–Kier alpha value is -1.58. The first kappa shape index (κ1) is 13.4. The number of hydrogen-bond donors (Lipinski definition) is 1. The Balaban J connectivity index is 4.10. The molecule has 15 heavy (non-hydrogen) atoms. The minimum Gasteiger partial charge on any atom is -0.480 e. The zero-order chi connectivity index (χ0) is 11.9. The molecule has 0 rings (SSSR count). The van der Waals surface area contributed by atoms with Gasteiger partial charge in [-0.05, 0) is 26.8 Å². The molecule has 0 atom stereocenters. The summed E-state index contributed by atoms with van der Waals surface area (Å²) < 4.78 is 4.77. The molecule has 0 aromatic carbocycles. The van der Waals surface area contributed by atoms with Gasteiger partial charge >= 0.3 is 11.9 Å². The number of allylic oxidation sites excluding steroid dienone is 3. The molecule has 0 aromatic rings. The summed E-state index contributed by atoms with van der Waals surface area (Å²) in [6.07, 6.45) is 6.98. The monoisotopic (exact) mass is 212 g/mol. The molecule has 4 nitrogen and oxygen atoms in total. The van der Waals surface area contributed by atoms with E-state index in [2.05, 4.69) is 0 Å². The number of aliphatic carboxylic acids is 1. The Labute approximate surface area is 89.2 Å². The van der Waals surface area contributed by atoms with Crippen molar-refractivity contribution in [1.82, 2.24) is 0 Å². The van der Waals surface area contributed by atoms with Gasteiger partial charge in [0.05, 0.1) is 0 Å². The van der Waals surface area contributed by atoms with Gasteiger partial charge in [-0.25, -0.2) is 0 Å². The van der Waals surface area contributed by atoms with Gasteiger partial charge in [-0.2, -0.15) is 0 Å². The molecule has 0 fully saturated rings. The summed E-state index contributed by atoms with van der Waals surface area (Å²) >= 11 is 0. The van der Waals surface area contributed by atoms with E-state index >= 15 is 0 Å². The number of hydrogen-bond acceptors (Lipinski definition) is 3. The number of rotatable bonds is 5. The second-order valence-corrected chi connectivity index (χ2v) is 3.48. The number of esters is 1. The van der Waals surface area contributed by atoms with E-state index in [4.69, 9.17) is 9.84 Å². The molecular formula is C11H16O4. The smallest absolute Gasteiger partial charge is 0.323 e. The average Bonchev–Trinajstić information content (AvgIpc) is 2.16. The Morgan fingerprint density at radius 2 is 1.93 bits per heavy atom. The predicted molar refractivity (Wildman–Crippen MR) is 56.3 cm³/mol. The second-order valence-electron chi connectivity index (χ2n) is 3.48. The molecule has 84 valence electrons. The van der Waals surface area contributed by atoms with Crippen LogP contribution in [0.5, 0.6) is 0 Å². The SMILES string of the molecule is CC=CC=CCOC(=O)C(C)(C)C(=O)O. The summed E-state index contributed by atoms with van der Waals surface area (Å²) in [6.45, 7) is 4.57. The van der Waals surface area contributed by atoms with Crippen molar-refractivity contribution in [3.63, 3.8) is 0 Å². The van der Waals surface area contributed by atoms with E-state index in [1.165, 1.54) is 13.8 Å². The highest BCUT2D eigenvalue weighted by molar-refractivity contribution is 5.98. The highest BCUT2D eigenvalue weighted by atomic mass is 16.5. The molecule has 0 aliphatic carbocycles. The van der Waals surface area contributed by atoms with E-state index in [1.807, 2.05) is 13.0 Å². The van der Waals surface area contributed by atoms with Crippen molar-refractivity contribution < 1.29 is 19.4 Å².